The zero-order valence-electron chi connectivity index (χ0n) is 14.6. The number of hydrogen-bond donors (Lipinski definition) is 1. The molecule has 0 aliphatic carbocycles. The van der Waals surface area contributed by atoms with Crippen LogP contribution in [0.25, 0.3) is 0 Å². The van der Waals surface area contributed by atoms with Gasteiger partial charge >= 0.3 is 0 Å². The second-order valence-electron chi connectivity index (χ2n) is 6.24. The minimum absolute atomic E-state index is 0.158. The van der Waals surface area contributed by atoms with Crippen molar-refractivity contribution in [2.75, 3.05) is 0 Å². The van der Waals surface area contributed by atoms with Crippen LogP contribution in [0.4, 0.5) is 4.39 Å². The Balaban J connectivity index is 2.04. The van der Waals surface area contributed by atoms with Gasteiger partial charge in [0.05, 0.1) is 5.71 Å². The van der Waals surface area contributed by atoms with E-state index in [9.17, 15) is 14.4 Å². The minimum atomic E-state index is -0.345. The fourth-order valence-electron chi connectivity index (χ4n) is 3.03. The van der Waals surface area contributed by atoms with Crippen LogP contribution in [0.2, 0.25) is 0 Å². The van der Waals surface area contributed by atoms with E-state index in [1.807, 2.05) is 24.3 Å². The van der Waals surface area contributed by atoms with Crippen LogP contribution in [0.5, 0.6) is 0 Å². The summed E-state index contributed by atoms with van der Waals surface area (Å²) in [6.07, 6.45) is 1.88. The van der Waals surface area contributed by atoms with E-state index >= 15 is 0 Å². The summed E-state index contributed by atoms with van der Waals surface area (Å²) in [5, 5.41) is 13.0. The van der Waals surface area contributed by atoms with Gasteiger partial charge < -0.3 is 9.77 Å². The maximum absolute atomic E-state index is 14.5. The maximum atomic E-state index is 14.5. The zero-order valence-corrected chi connectivity index (χ0v) is 16.2. The van der Waals surface area contributed by atoms with Crippen LogP contribution < -0.4 is 5.56 Å². The average molecular weight is 429 g/mol. The third-order valence-corrected chi connectivity index (χ3v) is 5.02. The van der Waals surface area contributed by atoms with Gasteiger partial charge in [-0.2, -0.15) is 0 Å². The highest BCUT2D eigenvalue weighted by molar-refractivity contribution is 9.10. The molecule has 0 spiro atoms. The van der Waals surface area contributed by atoms with E-state index in [1.165, 1.54) is 16.7 Å². The Morgan fingerprint density at radius 3 is 2.48 bits per heavy atom. The molecule has 1 aromatic heterocycles. The number of hydrogen-bond acceptors (Lipinski definition) is 3. The molecule has 1 atom stereocenters. The molecule has 0 saturated heterocycles. The van der Waals surface area contributed by atoms with E-state index in [1.54, 1.807) is 37.5 Å². The number of rotatable bonds is 5. The van der Waals surface area contributed by atoms with Crippen LogP contribution in [0.3, 0.4) is 0 Å². The number of pyridine rings is 1. The van der Waals surface area contributed by atoms with Crippen LogP contribution in [-0.2, 0) is 7.05 Å². The largest absolute Gasteiger partial charge is 0.411 e. The molecule has 3 rings (SSSR count). The molecule has 1 unspecified atom stereocenters. The van der Waals surface area contributed by atoms with Crippen LogP contribution in [0.15, 0.2) is 81.3 Å². The summed E-state index contributed by atoms with van der Waals surface area (Å²) in [5.41, 5.74) is 2.24. The van der Waals surface area contributed by atoms with Gasteiger partial charge in [-0.25, -0.2) is 4.39 Å². The van der Waals surface area contributed by atoms with E-state index in [2.05, 4.69) is 21.1 Å². The Kier molecular flexibility index (Phi) is 5.86. The predicted octanol–water partition coefficient (Wildman–Crippen LogP) is 4.69. The van der Waals surface area contributed by atoms with Crippen LogP contribution in [0.1, 0.15) is 29.0 Å². The monoisotopic (exact) mass is 428 g/mol. The number of oxime groups is 1. The van der Waals surface area contributed by atoms with Crippen molar-refractivity contribution in [3.63, 3.8) is 0 Å². The fraction of sp³-hybridized carbons (Fsp3) is 0.143. The second-order valence-corrected chi connectivity index (χ2v) is 7.16. The van der Waals surface area contributed by atoms with Gasteiger partial charge in [0.1, 0.15) is 5.82 Å². The van der Waals surface area contributed by atoms with Gasteiger partial charge in [0.25, 0.3) is 0 Å². The lowest BCUT2D eigenvalue weighted by atomic mass is 9.85. The molecule has 0 aliphatic heterocycles. The Morgan fingerprint density at radius 1 is 1.15 bits per heavy atom. The van der Waals surface area contributed by atoms with Gasteiger partial charge in [-0.3, -0.25) is 4.79 Å². The number of aryl methyl sites for hydroxylation is 1. The molecule has 1 N–H and O–H groups in total. The molecule has 2 aromatic carbocycles. The molecule has 3 aromatic rings. The van der Waals surface area contributed by atoms with Gasteiger partial charge in [-0.05, 0) is 35.4 Å². The van der Waals surface area contributed by atoms with Crippen molar-refractivity contribution in [1.82, 2.24) is 4.57 Å². The summed E-state index contributed by atoms with van der Waals surface area (Å²) in [6.45, 7) is 0. The Hall–Kier alpha value is -2.73. The number of aromatic nitrogens is 1. The molecule has 0 saturated carbocycles. The van der Waals surface area contributed by atoms with Crippen molar-refractivity contribution in [3.05, 3.63) is 104 Å². The molecular weight excluding hydrogens is 411 g/mol. The first-order valence-corrected chi connectivity index (χ1v) is 9.16. The standard InChI is InChI=1S/C21H18BrFN2O2/c1-25-13-15(8-11-21(25)26)20(24-27)12-18(14-6-9-16(22)10-7-14)17-4-2-3-5-19(17)23/h2-11,13,18,27H,12H2,1H3/b24-20-. The molecule has 27 heavy (non-hydrogen) atoms. The smallest absolute Gasteiger partial charge is 0.250 e. The highest BCUT2D eigenvalue weighted by Crippen LogP contribution is 2.32. The molecule has 0 aliphatic rings. The Labute approximate surface area is 164 Å². The molecule has 138 valence electrons. The predicted molar refractivity (Wildman–Crippen MR) is 107 cm³/mol. The first kappa shape index (κ1) is 19.0. The van der Waals surface area contributed by atoms with E-state index < -0.39 is 0 Å². The lowest BCUT2D eigenvalue weighted by molar-refractivity contribution is 0.317. The summed E-state index contributed by atoms with van der Waals surface area (Å²) < 4.78 is 16.9. The van der Waals surface area contributed by atoms with Gasteiger partial charge in [0.2, 0.25) is 5.56 Å². The molecule has 0 amide bonds. The number of nitrogens with zero attached hydrogens (tertiary/aromatic N) is 2. The molecule has 0 radical (unpaired) electrons. The van der Waals surface area contributed by atoms with E-state index in [0.29, 0.717) is 16.8 Å². The topological polar surface area (TPSA) is 54.6 Å². The fourth-order valence-corrected chi connectivity index (χ4v) is 3.30. The highest BCUT2D eigenvalue weighted by Gasteiger charge is 2.21. The SMILES string of the molecule is Cn1cc(/C(CC(c2ccc(Br)cc2)c2ccccc2F)=N\O)ccc1=O. The molecule has 6 heteroatoms. The minimum Gasteiger partial charge on any atom is -0.411 e. The summed E-state index contributed by atoms with van der Waals surface area (Å²) in [4.78, 5) is 11.6. The Morgan fingerprint density at radius 2 is 1.85 bits per heavy atom. The van der Waals surface area contributed by atoms with Gasteiger partial charge in [-0.15, -0.1) is 0 Å². The lowest BCUT2D eigenvalue weighted by Gasteiger charge is -2.20. The molecule has 0 fully saturated rings. The van der Waals surface area contributed by atoms with Crippen LogP contribution in [-0.4, -0.2) is 15.5 Å². The van der Waals surface area contributed by atoms with Crippen molar-refractivity contribution in [2.45, 2.75) is 12.3 Å². The third kappa shape index (κ3) is 4.34. The molecular formula is C21H18BrFN2O2. The number of benzene rings is 2. The van der Waals surface area contributed by atoms with Crippen LogP contribution in [0, 0.1) is 5.82 Å². The first-order chi connectivity index (χ1) is 13.0. The summed E-state index contributed by atoms with van der Waals surface area (Å²) >= 11 is 3.41. The number of halogens is 2. The summed E-state index contributed by atoms with van der Waals surface area (Å²) in [6, 6.07) is 17.2. The normalized spacial score (nSPS) is 12.8. The van der Waals surface area contributed by atoms with Crippen molar-refractivity contribution in [1.29, 1.82) is 0 Å². The van der Waals surface area contributed by atoms with E-state index in [4.69, 9.17) is 0 Å². The summed E-state index contributed by atoms with van der Waals surface area (Å²) in [7, 11) is 1.63. The van der Waals surface area contributed by atoms with Crippen molar-refractivity contribution in [2.24, 2.45) is 12.2 Å². The Bertz CT molecular complexity index is 1030. The van der Waals surface area contributed by atoms with Crippen molar-refractivity contribution < 1.29 is 9.60 Å². The third-order valence-electron chi connectivity index (χ3n) is 4.49. The van der Waals surface area contributed by atoms with Gasteiger partial charge in [0, 0.05) is 41.7 Å². The molecule has 1 heterocycles. The van der Waals surface area contributed by atoms with Crippen molar-refractivity contribution in [3.8, 4) is 0 Å². The maximum Gasteiger partial charge on any atom is 0.250 e. The van der Waals surface area contributed by atoms with Gasteiger partial charge in [-0.1, -0.05) is 51.4 Å². The van der Waals surface area contributed by atoms with E-state index in [0.717, 1.165) is 10.0 Å². The molecule has 4 nitrogen and oxygen atoms in total. The summed E-state index contributed by atoms with van der Waals surface area (Å²) in [5.74, 6) is -0.661. The van der Waals surface area contributed by atoms with E-state index in [-0.39, 0.29) is 23.7 Å². The van der Waals surface area contributed by atoms with Gasteiger partial charge in [0.15, 0.2) is 0 Å². The van der Waals surface area contributed by atoms with Crippen molar-refractivity contribution >= 4 is 21.6 Å². The second kappa shape index (κ2) is 8.31. The highest BCUT2D eigenvalue weighted by atomic mass is 79.9. The first-order valence-electron chi connectivity index (χ1n) is 8.37. The molecule has 0 bridgehead atoms. The quantitative estimate of drug-likeness (QED) is 0.364. The average Bonchev–Trinajstić information content (AvgIpc) is 2.67. The van der Waals surface area contributed by atoms with Crippen LogP contribution >= 0.6 is 15.9 Å². The zero-order chi connectivity index (χ0) is 19.4. The lowest BCUT2D eigenvalue weighted by Crippen LogP contribution is -2.18.